The first kappa shape index (κ1) is 17.4. The van der Waals surface area contributed by atoms with Gasteiger partial charge in [-0.3, -0.25) is 10.1 Å². The summed E-state index contributed by atoms with van der Waals surface area (Å²) < 4.78 is 22.6. The van der Waals surface area contributed by atoms with Gasteiger partial charge in [-0.05, 0) is 17.7 Å². The molecule has 0 saturated carbocycles. The number of sulfonamides is 1. The van der Waals surface area contributed by atoms with Crippen molar-refractivity contribution in [3.05, 3.63) is 64.2 Å². The lowest BCUT2D eigenvalue weighted by Gasteiger charge is -2.16. The Labute approximate surface area is 136 Å². The zero-order valence-electron chi connectivity index (χ0n) is 12.1. The highest BCUT2D eigenvalue weighted by Gasteiger charge is 2.25. The first-order valence-electron chi connectivity index (χ1n) is 6.55. The van der Waals surface area contributed by atoms with Crippen LogP contribution in [0, 0.1) is 10.1 Å². The smallest absolute Gasteiger partial charge is 0.330 e. The van der Waals surface area contributed by atoms with Crippen LogP contribution in [0.5, 0.6) is 0 Å². The number of primary sulfonamides is 1. The Kier molecular flexibility index (Phi) is 4.81. The van der Waals surface area contributed by atoms with E-state index in [0.29, 0.717) is 5.56 Å². The van der Waals surface area contributed by atoms with Crippen molar-refractivity contribution in [1.82, 2.24) is 0 Å². The third-order valence-corrected chi connectivity index (χ3v) is 4.09. The van der Waals surface area contributed by atoms with E-state index in [2.05, 4.69) is 5.32 Å². The van der Waals surface area contributed by atoms with E-state index in [4.69, 9.17) is 5.14 Å². The summed E-state index contributed by atoms with van der Waals surface area (Å²) in [6, 6.07) is 9.77. The Balaban J connectivity index is 2.47. The molecule has 0 radical (unpaired) electrons. The van der Waals surface area contributed by atoms with Crippen LogP contribution in [0.4, 0.5) is 11.4 Å². The molecule has 0 aliphatic rings. The van der Waals surface area contributed by atoms with Gasteiger partial charge < -0.3 is 10.4 Å². The molecule has 1 atom stereocenters. The van der Waals surface area contributed by atoms with Crippen LogP contribution in [0.15, 0.2) is 53.4 Å². The molecule has 2 rings (SSSR count). The van der Waals surface area contributed by atoms with Crippen molar-refractivity contribution in [2.75, 3.05) is 5.32 Å². The molecule has 0 bridgehead atoms. The van der Waals surface area contributed by atoms with Crippen molar-refractivity contribution >= 4 is 27.4 Å². The molecule has 10 heteroatoms. The number of nitro groups is 1. The van der Waals surface area contributed by atoms with E-state index in [1.165, 1.54) is 0 Å². The van der Waals surface area contributed by atoms with E-state index in [9.17, 15) is 28.4 Å². The number of nitrogens with two attached hydrogens (primary N) is 1. The van der Waals surface area contributed by atoms with Gasteiger partial charge in [0.05, 0.1) is 9.82 Å². The number of rotatable bonds is 6. The van der Waals surface area contributed by atoms with E-state index in [1.54, 1.807) is 30.3 Å². The van der Waals surface area contributed by atoms with Crippen LogP contribution in [-0.4, -0.2) is 24.4 Å². The van der Waals surface area contributed by atoms with E-state index in [1.807, 2.05) is 0 Å². The molecule has 126 valence electrons. The van der Waals surface area contributed by atoms with Crippen LogP contribution in [0.1, 0.15) is 11.6 Å². The lowest BCUT2D eigenvalue weighted by Crippen LogP contribution is -2.21. The maximum atomic E-state index is 11.5. The zero-order chi connectivity index (χ0) is 17.9. The highest BCUT2D eigenvalue weighted by atomic mass is 32.2. The molecule has 0 amide bonds. The average Bonchev–Trinajstić information content (AvgIpc) is 2.52. The predicted octanol–water partition coefficient (Wildman–Crippen LogP) is 1.48. The molecule has 0 unspecified atom stereocenters. The normalized spacial score (nSPS) is 12.4. The second-order valence-corrected chi connectivity index (χ2v) is 6.37. The number of hydrogen-bond acceptors (Lipinski definition) is 6. The summed E-state index contributed by atoms with van der Waals surface area (Å²) >= 11 is 0. The minimum Gasteiger partial charge on any atom is -0.479 e. The largest absolute Gasteiger partial charge is 0.479 e. The summed E-state index contributed by atoms with van der Waals surface area (Å²) in [4.78, 5) is 21.4. The quantitative estimate of drug-likeness (QED) is 0.526. The van der Waals surface area contributed by atoms with Crippen LogP contribution in [-0.2, 0) is 14.8 Å². The Bertz CT molecular complexity index is 883. The number of nitrogens with one attached hydrogen (secondary N) is 1. The maximum Gasteiger partial charge on any atom is 0.330 e. The molecule has 0 spiro atoms. The van der Waals surface area contributed by atoms with Gasteiger partial charge in [0.15, 0.2) is 6.04 Å². The number of carboxylic acid groups (broad SMARTS) is 1. The second kappa shape index (κ2) is 6.64. The fourth-order valence-corrected chi connectivity index (χ4v) is 2.58. The number of nitro benzene ring substituents is 1. The van der Waals surface area contributed by atoms with Gasteiger partial charge in [0, 0.05) is 6.07 Å². The van der Waals surface area contributed by atoms with E-state index in [0.717, 1.165) is 18.2 Å². The van der Waals surface area contributed by atoms with E-state index in [-0.39, 0.29) is 5.69 Å². The van der Waals surface area contributed by atoms with Crippen molar-refractivity contribution in [2.24, 2.45) is 5.14 Å². The van der Waals surface area contributed by atoms with Crippen LogP contribution in [0.3, 0.4) is 0 Å². The monoisotopic (exact) mass is 351 g/mol. The van der Waals surface area contributed by atoms with E-state index >= 15 is 0 Å². The molecule has 0 saturated heterocycles. The lowest BCUT2D eigenvalue weighted by molar-refractivity contribution is -0.384. The van der Waals surface area contributed by atoms with Crippen LogP contribution < -0.4 is 10.5 Å². The first-order valence-corrected chi connectivity index (χ1v) is 8.10. The summed E-state index contributed by atoms with van der Waals surface area (Å²) in [7, 11) is -4.12. The van der Waals surface area contributed by atoms with Crippen molar-refractivity contribution < 1.29 is 23.2 Å². The van der Waals surface area contributed by atoms with Crippen LogP contribution in [0.25, 0.3) is 0 Å². The number of anilines is 1. The van der Waals surface area contributed by atoms with Gasteiger partial charge in [-0.2, -0.15) is 0 Å². The number of carboxylic acids is 1. The third kappa shape index (κ3) is 3.86. The fourth-order valence-electron chi connectivity index (χ4n) is 2.05. The van der Waals surface area contributed by atoms with Gasteiger partial charge in [0.1, 0.15) is 5.69 Å². The number of carbonyl (C=O) groups is 1. The maximum absolute atomic E-state index is 11.5. The molecular formula is C14H13N3O6S. The molecule has 2 aromatic rings. The highest BCUT2D eigenvalue weighted by molar-refractivity contribution is 7.89. The number of nitrogens with zero attached hydrogens (tertiary/aromatic N) is 1. The van der Waals surface area contributed by atoms with E-state index < -0.39 is 37.5 Å². The minimum absolute atomic E-state index is 0.136. The van der Waals surface area contributed by atoms with Crippen molar-refractivity contribution in [1.29, 1.82) is 0 Å². The van der Waals surface area contributed by atoms with Crippen molar-refractivity contribution in [2.45, 2.75) is 10.9 Å². The Morgan fingerprint density at radius 3 is 2.33 bits per heavy atom. The topological polar surface area (TPSA) is 153 Å². The summed E-state index contributed by atoms with van der Waals surface area (Å²) in [5, 5.41) is 28.0. The van der Waals surface area contributed by atoms with Crippen molar-refractivity contribution in [3.8, 4) is 0 Å². The average molecular weight is 351 g/mol. The minimum atomic E-state index is -4.12. The molecule has 0 heterocycles. The standard InChI is InChI=1S/C14H13N3O6S/c15-24(22,23)10-6-7-11(12(8-10)17(20)21)16-13(14(18)19)9-4-2-1-3-5-9/h1-8,13,16H,(H,18,19)(H2,15,22,23)/t13-/m1/s1. The Morgan fingerprint density at radius 1 is 1.21 bits per heavy atom. The third-order valence-electron chi connectivity index (χ3n) is 3.17. The Hall–Kier alpha value is -2.98. The molecule has 0 fully saturated rings. The van der Waals surface area contributed by atoms with Crippen LogP contribution in [0.2, 0.25) is 0 Å². The van der Waals surface area contributed by atoms with Crippen molar-refractivity contribution in [3.63, 3.8) is 0 Å². The van der Waals surface area contributed by atoms with Gasteiger partial charge in [-0.1, -0.05) is 30.3 Å². The summed E-state index contributed by atoms with van der Waals surface area (Å²) in [5.74, 6) is -1.24. The molecule has 0 aliphatic heterocycles. The summed E-state index contributed by atoms with van der Waals surface area (Å²) in [5.41, 5.74) is -0.345. The molecular weight excluding hydrogens is 338 g/mol. The molecule has 0 aliphatic carbocycles. The predicted molar refractivity (Wildman–Crippen MR) is 84.9 cm³/mol. The molecule has 4 N–H and O–H groups in total. The zero-order valence-corrected chi connectivity index (χ0v) is 12.9. The highest BCUT2D eigenvalue weighted by Crippen LogP contribution is 2.30. The SMILES string of the molecule is NS(=O)(=O)c1ccc(N[C@@H](C(=O)O)c2ccccc2)c([N+](=O)[O-])c1. The number of hydrogen-bond donors (Lipinski definition) is 3. The van der Waals surface area contributed by atoms with Gasteiger partial charge in [0.2, 0.25) is 10.0 Å². The van der Waals surface area contributed by atoms with Gasteiger partial charge in [0.25, 0.3) is 5.69 Å². The van der Waals surface area contributed by atoms with Gasteiger partial charge in [-0.25, -0.2) is 18.4 Å². The molecule has 9 nitrogen and oxygen atoms in total. The lowest BCUT2D eigenvalue weighted by atomic mass is 10.1. The number of aliphatic carboxylic acids is 1. The summed E-state index contributed by atoms with van der Waals surface area (Å²) in [6.07, 6.45) is 0. The first-order chi connectivity index (χ1) is 11.2. The van der Waals surface area contributed by atoms with Gasteiger partial charge >= 0.3 is 5.97 Å². The van der Waals surface area contributed by atoms with Crippen LogP contribution >= 0.6 is 0 Å². The fraction of sp³-hybridized carbons (Fsp3) is 0.0714. The number of benzene rings is 2. The Morgan fingerprint density at radius 2 is 1.83 bits per heavy atom. The molecule has 0 aromatic heterocycles. The molecule has 24 heavy (non-hydrogen) atoms. The van der Waals surface area contributed by atoms with Gasteiger partial charge in [-0.15, -0.1) is 0 Å². The second-order valence-electron chi connectivity index (χ2n) is 4.81. The molecule has 2 aromatic carbocycles. The summed E-state index contributed by atoms with van der Waals surface area (Å²) in [6.45, 7) is 0.